The topological polar surface area (TPSA) is 34.0 Å². The van der Waals surface area contributed by atoms with Crippen LogP contribution < -0.4 is 0 Å². The first-order valence-corrected chi connectivity index (χ1v) is 7.43. The van der Waals surface area contributed by atoms with Crippen LogP contribution in [0.3, 0.4) is 0 Å². The first-order valence-electron chi connectivity index (χ1n) is 7.43. The van der Waals surface area contributed by atoms with Gasteiger partial charge in [-0.15, -0.1) is 0 Å². The predicted molar refractivity (Wildman–Crippen MR) is 80.0 cm³/mol. The summed E-state index contributed by atoms with van der Waals surface area (Å²) in [6.07, 6.45) is 6.08. The van der Waals surface area contributed by atoms with Gasteiger partial charge in [0.05, 0.1) is 0 Å². The number of nitrogens with zero attached hydrogens (tertiary/aromatic N) is 4. The summed E-state index contributed by atoms with van der Waals surface area (Å²) in [6.45, 7) is 7.44. The summed E-state index contributed by atoms with van der Waals surface area (Å²) in [6, 6.07) is 6.27. The van der Waals surface area contributed by atoms with Crippen molar-refractivity contribution in [2.75, 3.05) is 13.1 Å². The largest absolute Gasteiger partial charge is 0.298 e. The van der Waals surface area contributed by atoms with E-state index in [4.69, 9.17) is 0 Å². The summed E-state index contributed by atoms with van der Waals surface area (Å²) >= 11 is 0. The number of rotatable bonds is 3. The zero-order valence-electron chi connectivity index (χ0n) is 12.3. The summed E-state index contributed by atoms with van der Waals surface area (Å²) in [7, 11) is 0. The monoisotopic (exact) mass is 270 g/mol. The number of aromatic nitrogens is 3. The lowest BCUT2D eigenvalue weighted by Crippen LogP contribution is -2.30. The summed E-state index contributed by atoms with van der Waals surface area (Å²) in [4.78, 5) is 11.7. The molecule has 0 bridgehead atoms. The second-order valence-electron chi connectivity index (χ2n) is 5.66. The number of likely N-dealkylation sites (tertiary alicyclic amines) is 1. The summed E-state index contributed by atoms with van der Waals surface area (Å²) in [5.74, 6) is 0.791. The molecule has 0 N–H and O–H groups in total. The Morgan fingerprint density at radius 2 is 1.75 bits per heavy atom. The van der Waals surface area contributed by atoms with Crippen LogP contribution in [0.15, 0.2) is 24.4 Å². The Labute approximate surface area is 120 Å². The fourth-order valence-electron chi connectivity index (χ4n) is 2.90. The van der Waals surface area contributed by atoms with Gasteiger partial charge in [-0.2, -0.15) is 0 Å². The summed E-state index contributed by atoms with van der Waals surface area (Å²) < 4.78 is 2.12. The highest BCUT2D eigenvalue weighted by atomic mass is 15.2. The van der Waals surface area contributed by atoms with E-state index in [0.29, 0.717) is 0 Å². The zero-order valence-corrected chi connectivity index (χ0v) is 12.3. The maximum atomic E-state index is 4.56. The molecule has 0 radical (unpaired) electrons. The van der Waals surface area contributed by atoms with Gasteiger partial charge in [0.15, 0.2) is 0 Å². The van der Waals surface area contributed by atoms with Gasteiger partial charge in [-0.1, -0.05) is 6.42 Å². The first kappa shape index (κ1) is 13.3. The van der Waals surface area contributed by atoms with Crippen LogP contribution in [0, 0.1) is 13.8 Å². The van der Waals surface area contributed by atoms with Gasteiger partial charge in [0.25, 0.3) is 0 Å². The second kappa shape index (κ2) is 5.75. The van der Waals surface area contributed by atoms with Crippen LogP contribution in [0.2, 0.25) is 0 Å². The van der Waals surface area contributed by atoms with Gasteiger partial charge in [0.2, 0.25) is 5.95 Å². The van der Waals surface area contributed by atoms with E-state index < -0.39 is 0 Å². The standard InChI is InChI=1S/C16H22N4/c1-13-11-14(2)18-16(17-13)20-10-6-7-15(20)12-19-8-4-3-5-9-19/h6-7,10-11H,3-5,8-9,12H2,1-2H3. The maximum absolute atomic E-state index is 4.56. The average molecular weight is 270 g/mol. The Morgan fingerprint density at radius 1 is 1.05 bits per heavy atom. The Bertz CT molecular complexity index is 562. The number of piperidine rings is 1. The van der Waals surface area contributed by atoms with Crippen LogP contribution in [-0.2, 0) is 6.54 Å². The van der Waals surface area contributed by atoms with Crippen molar-refractivity contribution in [2.24, 2.45) is 0 Å². The van der Waals surface area contributed by atoms with Crippen molar-refractivity contribution >= 4 is 0 Å². The molecule has 20 heavy (non-hydrogen) atoms. The van der Waals surface area contributed by atoms with E-state index in [1.807, 2.05) is 19.9 Å². The van der Waals surface area contributed by atoms with Crippen LogP contribution in [0.25, 0.3) is 5.95 Å². The molecule has 4 heteroatoms. The molecule has 106 valence electrons. The van der Waals surface area contributed by atoms with Crippen LogP contribution in [-0.4, -0.2) is 32.5 Å². The Hall–Kier alpha value is -1.68. The lowest BCUT2D eigenvalue weighted by molar-refractivity contribution is 0.217. The van der Waals surface area contributed by atoms with Crippen molar-refractivity contribution in [1.29, 1.82) is 0 Å². The number of aryl methyl sites for hydroxylation is 2. The highest BCUT2D eigenvalue weighted by Crippen LogP contribution is 2.16. The van der Waals surface area contributed by atoms with Crippen LogP contribution in [0.5, 0.6) is 0 Å². The normalized spacial score (nSPS) is 16.5. The molecule has 1 saturated heterocycles. The molecule has 3 rings (SSSR count). The van der Waals surface area contributed by atoms with Crippen molar-refractivity contribution in [2.45, 2.75) is 39.7 Å². The van der Waals surface area contributed by atoms with Crippen LogP contribution in [0.4, 0.5) is 0 Å². The first-order chi connectivity index (χ1) is 9.72. The third-order valence-electron chi connectivity index (χ3n) is 3.85. The molecular formula is C16H22N4. The maximum Gasteiger partial charge on any atom is 0.234 e. The van der Waals surface area contributed by atoms with Crippen molar-refractivity contribution in [3.05, 3.63) is 41.5 Å². The molecule has 3 heterocycles. The third kappa shape index (κ3) is 2.90. The fourth-order valence-corrected chi connectivity index (χ4v) is 2.90. The molecule has 2 aromatic rings. The lowest BCUT2D eigenvalue weighted by atomic mass is 10.1. The number of hydrogen-bond donors (Lipinski definition) is 0. The molecule has 0 saturated carbocycles. The predicted octanol–water partition coefficient (Wildman–Crippen LogP) is 2.87. The van der Waals surface area contributed by atoms with Crippen molar-refractivity contribution in [3.8, 4) is 5.95 Å². The minimum atomic E-state index is 0.791. The molecule has 0 amide bonds. The van der Waals surface area contributed by atoms with E-state index in [0.717, 1.165) is 23.9 Å². The van der Waals surface area contributed by atoms with Crippen LogP contribution in [0.1, 0.15) is 36.3 Å². The molecule has 0 unspecified atom stereocenters. The SMILES string of the molecule is Cc1cc(C)nc(-n2cccc2CN2CCCCC2)n1. The minimum absolute atomic E-state index is 0.791. The molecule has 1 aliphatic rings. The number of hydrogen-bond acceptors (Lipinski definition) is 3. The van der Waals surface area contributed by atoms with Gasteiger partial charge in [-0.25, -0.2) is 9.97 Å². The Morgan fingerprint density at radius 3 is 2.45 bits per heavy atom. The molecule has 1 fully saturated rings. The molecule has 0 spiro atoms. The van der Waals surface area contributed by atoms with Gasteiger partial charge in [-0.3, -0.25) is 9.47 Å². The average Bonchev–Trinajstić information content (AvgIpc) is 2.87. The lowest BCUT2D eigenvalue weighted by Gasteiger charge is -2.26. The van der Waals surface area contributed by atoms with Gasteiger partial charge in [0.1, 0.15) is 0 Å². The highest BCUT2D eigenvalue weighted by molar-refractivity contribution is 5.24. The van der Waals surface area contributed by atoms with E-state index in [2.05, 4.69) is 37.8 Å². The molecule has 4 nitrogen and oxygen atoms in total. The van der Waals surface area contributed by atoms with E-state index in [1.165, 1.54) is 38.0 Å². The van der Waals surface area contributed by atoms with Gasteiger partial charge in [-0.05, 0) is 58.0 Å². The molecule has 2 aromatic heterocycles. The smallest absolute Gasteiger partial charge is 0.234 e. The highest BCUT2D eigenvalue weighted by Gasteiger charge is 2.14. The zero-order chi connectivity index (χ0) is 13.9. The van der Waals surface area contributed by atoms with E-state index in [-0.39, 0.29) is 0 Å². The summed E-state index contributed by atoms with van der Waals surface area (Å²) in [5, 5.41) is 0. The van der Waals surface area contributed by atoms with Gasteiger partial charge < -0.3 is 0 Å². The van der Waals surface area contributed by atoms with Gasteiger partial charge in [0, 0.05) is 29.8 Å². The van der Waals surface area contributed by atoms with E-state index in [1.54, 1.807) is 0 Å². The molecule has 0 aliphatic carbocycles. The van der Waals surface area contributed by atoms with E-state index >= 15 is 0 Å². The van der Waals surface area contributed by atoms with Gasteiger partial charge >= 0.3 is 0 Å². The molecule has 1 aliphatic heterocycles. The summed E-state index contributed by atoms with van der Waals surface area (Å²) in [5.41, 5.74) is 3.31. The van der Waals surface area contributed by atoms with Crippen molar-refractivity contribution in [3.63, 3.8) is 0 Å². The second-order valence-corrected chi connectivity index (χ2v) is 5.66. The minimum Gasteiger partial charge on any atom is -0.298 e. The van der Waals surface area contributed by atoms with E-state index in [9.17, 15) is 0 Å². The third-order valence-corrected chi connectivity index (χ3v) is 3.85. The van der Waals surface area contributed by atoms with Crippen molar-refractivity contribution < 1.29 is 0 Å². The Kier molecular flexibility index (Phi) is 3.83. The molecular weight excluding hydrogens is 248 g/mol. The van der Waals surface area contributed by atoms with Crippen molar-refractivity contribution in [1.82, 2.24) is 19.4 Å². The molecule has 0 aromatic carbocycles. The fraction of sp³-hybridized carbons (Fsp3) is 0.500. The Balaban J connectivity index is 1.85. The van der Waals surface area contributed by atoms with Crippen LogP contribution >= 0.6 is 0 Å². The quantitative estimate of drug-likeness (QED) is 0.860. The molecule has 0 atom stereocenters.